The SMILES string of the molecule is COc1ccc(C)cc1NC(=NCc1cccnc1)NC(=O)c1ccc(Cl)cc1. The molecule has 2 aromatic carbocycles. The number of aliphatic imine (C=N–C) groups is 1. The zero-order chi connectivity index (χ0) is 20.6. The second kappa shape index (κ2) is 9.71. The third kappa shape index (κ3) is 5.80. The molecule has 3 aromatic rings. The summed E-state index contributed by atoms with van der Waals surface area (Å²) in [6, 6.07) is 16.1. The molecule has 1 heterocycles. The first-order chi connectivity index (χ1) is 14.0. The summed E-state index contributed by atoms with van der Waals surface area (Å²) in [6.45, 7) is 2.33. The summed E-state index contributed by atoms with van der Waals surface area (Å²) >= 11 is 5.91. The van der Waals surface area contributed by atoms with Crippen LogP contribution in [0, 0.1) is 6.92 Å². The summed E-state index contributed by atoms with van der Waals surface area (Å²) < 4.78 is 5.41. The van der Waals surface area contributed by atoms with Gasteiger partial charge < -0.3 is 10.1 Å². The van der Waals surface area contributed by atoms with Crippen molar-refractivity contribution in [1.82, 2.24) is 10.3 Å². The van der Waals surface area contributed by atoms with Gasteiger partial charge in [-0.3, -0.25) is 15.1 Å². The van der Waals surface area contributed by atoms with Crippen molar-refractivity contribution >= 4 is 29.2 Å². The molecule has 2 N–H and O–H groups in total. The number of nitrogens with zero attached hydrogens (tertiary/aromatic N) is 2. The van der Waals surface area contributed by atoms with Crippen LogP contribution in [0.5, 0.6) is 5.75 Å². The highest BCUT2D eigenvalue weighted by molar-refractivity contribution is 6.30. The molecule has 3 rings (SSSR count). The number of ether oxygens (including phenoxy) is 1. The Hall–Kier alpha value is -3.38. The van der Waals surface area contributed by atoms with Gasteiger partial charge in [0.15, 0.2) is 0 Å². The van der Waals surface area contributed by atoms with E-state index in [-0.39, 0.29) is 5.91 Å². The predicted octanol–water partition coefficient (Wildman–Crippen LogP) is 4.45. The number of amides is 1. The van der Waals surface area contributed by atoms with Crippen LogP contribution in [-0.2, 0) is 6.54 Å². The molecule has 7 heteroatoms. The minimum absolute atomic E-state index is 0.300. The Balaban J connectivity index is 1.86. The van der Waals surface area contributed by atoms with E-state index in [0.29, 0.717) is 34.5 Å². The standard InChI is InChI=1S/C22H21ClN4O2/c1-15-5-10-20(29-2)19(12-15)26-22(25-14-16-4-3-11-24-13-16)27-21(28)17-6-8-18(23)9-7-17/h3-13H,14H2,1-2H3,(H2,25,26,27,28). The number of guanidine groups is 1. The number of halogens is 1. The largest absolute Gasteiger partial charge is 0.495 e. The van der Waals surface area contributed by atoms with Gasteiger partial charge in [0.05, 0.1) is 19.3 Å². The average molecular weight is 409 g/mol. The minimum atomic E-state index is -0.300. The molecule has 0 aliphatic rings. The van der Waals surface area contributed by atoms with Gasteiger partial charge in [0, 0.05) is 23.0 Å². The quantitative estimate of drug-likeness (QED) is 0.483. The van der Waals surface area contributed by atoms with E-state index in [9.17, 15) is 4.79 Å². The zero-order valence-electron chi connectivity index (χ0n) is 16.1. The summed E-state index contributed by atoms with van der Waals surface area (Å²) in [7, 11) is 1.59. The number of benzene rings is 2. The van der Waals surface area contributed by atoms with Crippen LogP contribution in [0.1, 0.15) is 21.5 Å². The van der Waals surface area contributed by atoms with Crippen LogP contribution < -0.4 is 15.4 Å². The Morgan fingerprint density at radius 1 is 1.17 bits per heavy atom. The molecular weight excluding hydrogens is 388 g/mol. The fourth-order valence-electron chi connectivity index (χ4n) is 2.60. The van der Waals surface area contributed by atoms with Crippen LogP contribution in [0.3, 0.4) is 0 Å². The third-order valence-corrected chi connectivity index (χ3v) is 4.34. The van der Waals surface area contributed by atoms with Gasteiger partial charge in [0.1, 0.15) is 5.75 Å². The van der Waals surface area contributed by atoms with Gasteiger partial charge in [-0.2, -0.15) is 0 Å². The van der Waals surface area contributed by atoms with Crippen molar-refractivity contribution in [2.45, 2.75) is 13.5 Å². The Morgan fingerprint density at radius 3 is 2.66 bits per heavy atom. The maximum atomic E-state index is 12.7. The number of aromatic nitrogens is 1. The average Bonchev–Trinajstić information content (AvgIpc) is 2.73. The molecular formula is C22H21ClN4O2. The number of hydrogen-bond acceptors (Lipinski definition) is 4. The number of carbonyl (C=O) groups excluding carboxylic acids is 1. The van der Waals surface area contributed by atoms with Gasteiger partial charge in [-0.15, -0.1) is 0 Å². The Morgan fingerprint density at radius 2 is 1.97 bits per heavy atom. The van der Waals surface area contributed by atoms with E-state index in [1.54, 1.807) is 43.8 Å². The predicted molar refractivity (Wildman–Crippen MR) is 116 cm³/mol. The molecule has 0 saturated carbocycles. The normalized spacial score (nSPS) is 11.1. The second-order valence-electron chi connectivity index (χ2n) is 6.32. The summed E-state index contributed by atoms with van der Waals surface area (Å²) in [5, 5.41) is 6.56. The third-order valence-electron chi connectivity index (χ3n) is 4.09. The summed E-state index contributed by atoms with van der Waals surface area (Å²) in [4.78, 5) is 21.3. The number of methoxy groups -OCH3 is 1. The lowest BCUT2D eigenvalue weighted by Crippen LogP contribution is -2.36. The van der Waals surface area contributed by atoms with Gasteiger partial charge in [-0.1, -0.05) is 23.7 Å². The topological polar surface area (TPSA) is 75.6 Å². The van der Waals surface area contributed by atoms with Crippen LogP contribution >= 0.6 is 11.6 Å². The molecule has 0 unspecified atom stereocenters. The van der Waals surface area contributed by atoms with Crippen LogP contribution in [0.15, 0.2) is 72.0 Å². The van der Waals surface area contributed by atoms with Gasteiger partial charge in [0.25, 0.3) is 5.91 Å². The van der Waals surface area contributed by atoms with Gasteiger partial charge in [-0.05, 0) is 60.5 Å². The van der Waals surface area contributed by atoms with E-state index in [2.05, 4.69) is 20.6 Å². The molecule has 0 radical (unpaired) electrons. The molecule has 1 aromatic heterocycles. The van der Waals surface area contributed by atoms with Crippen molar-refractivity contribution in [2.24, 2.45) is 4.99 Å². The first-order valence-corrected chi connectivity index (χ1v) is 9.35. The zero-order valence-corrected chi connectivity index (χ0v) is 16.9. The lowest BCUT2D eigenvalue weighted by molar-refractivity contribution is 0.0977. The van der Waals surface area contributed by atoms with Gasteiger partial charge >= 0.3 is 0 Å². The number of anilines is 1. The molecule has 0 aliphatic carbocycles. The Bertz CT molecular complexity index is 1010. The van der Waals surface area contributed by atoms with Crippen LogP contribution in [-0.4, -0.2) is 24.0 Å². The highest BCUT2D eigenvalue weighted by atomic mass is 35.5. The number of nitrogens with one attached hydrogen (secondary N) is 2. The fourth-order valence-corrected chi connectivity index (χ4v) is 2.73. The maximum absolute atomic E-state index is 12.7. The van der Waals surface area contributed by atoms with E-state index in [1.165, 1.54) is 0 Å². The smallest absolute Gasteiger partial charge is 0.257 e. The molecule has 0 saturated heterocycles. The Labute approximate surface area is 174 Å². The molecule has 0 atom stereocenters. The van der Waals surface area contributed by atoms with Crippen molar-refractivity contribution < 1.29 is 9.53 Å². The molecule has 29 heavy (non-hydrogen) atoms. The van der Waals surface area contributed by atoms with Crippen molar-refractivity contribution in [2.75, 3.05) is 12.4 Å². The molecule has 148 valence electrons. The lowest BCUT2D eigenvalue weighted by Gasteiger charge is -2.15. The number of carbonyl (C=O) groups is 1. The summed E-state index contributed by atoms with van der Waals surface area (Å²) in [6.07, 6.45) is 3.43. The van der Waals surface area contributed by atoms with Crippen molar-refractivity contribution in [3.63, 3.8) is 0 Å². The molecule has 0 aliphatic heterocycles. The highest BCUT2D eigenvalue weighted by Gasteiger charge is 2.12. The van der Waals surface area contributed by atoms with Crippen molar-refractivity contribution in [3.8, 4) is 5.75 Å². The van der Waals surface area contributed by atoms with E-state index in [1.807, 2.05) is 37.3 Å². The van der Waals surface area contributed by atoms with Crippen LogP contribution in [0.25, 0.3) is 0 Å². The number of pyridine rings is 1. The fraction of sp³-hybridized carbons (Fsp3) is 0.136. The second-order valence-corrected chi connectivity index (χ2v) is 6.75. The van der Waals surface area contributed by atoms with Crippen molar-refractivity contribution in [3.05, 3.63) is 88.7 Å². The lowest BCUT2D eigenvalue weighted by atomic mass is 10.2. The summed E-state index contributed by atoms with van der Waals surface area (Å²) in [5.41, 5.74) is 3.14. The monoisotopic (exact) mass is 408 g/mol. The number of hydrogen-bond donors (Lipinski definition) is 2. The number of rotatable bonds is 5. The van der Waals surface area contributed by atoms with E-state index in [0.717, 1.165) is 11.1 Å². The molecule has 6 nitrogen and oxygen atoms in total. The number of aryl methyl sites for hydroxylation is 1. The maximum Gasteiger partial charge on any atom is 0.257 e. The van der Waals surface area contributed by atoms with Gasteiger partial charge in [0.2, 0.25) is 5.96 Å². The van der Waals surface area contributed by atoms with Crippen molar-refractivity contribution in [1.29, 1.82) is 0 Å². The first-order valence-electron chi connectivity index (χ1n) is 8.97. The molecule has 1 amide bonds. The molecule has 0 spiro atoms. The van der Waals surface area contributed by atoms with Gasteiger partial charge in [-0.25, -0.2) is 4.99 Å². The van der Waals surface area contributed by atoms with E-state index >= 15 is 0 Å². The van der Waals surface area contributed by atoms with E-state index in [4.69, 9.17) is 16.3 Å². The first kappa shape index (κ1) is 20.4. The molecule has 0 bridgehead atoms. The van der Waals surface area contributed by atoms with Crippen LogP contribution in [0.2, 0.25) is 5.02 Å². The minimum Gasteiger partial charge on any atom is -0.495 e. The highest BCUT2D eigenvalue weighted by Crippen LogP contribution is 2.25. The van der Waals surface area contributed by atoms with Crippen LogP contribution in [0.4, 0.5) is 5.69 Å². The Kier molecular flexibility index (Phi) is 6.81. The summed E-state index contributed by atoms with van der Waals surface area (Å²) in [5.74, 6) is 0.647. The molecule has 0 fully saturated rings. The van der Waals surface area contributed by atoms with E-state index < -0.39 is 0 Å².